The number of anilines is 1. The average molecular weight is 680 g/mol. The van der Waals surface area contributed by atoms with E-state index in [1.807, 2.05) is 4.72 Å². The molecule has 1 atom stereocenters. The number of alkyl halides is 3. The van der Waals surface area contributed by atoms with E-state index in [0.717, 1.165) is 22.3 Å². The van der Waals surface area contributed by atoms with E-state index in [9.17, 15) is 41.2 Å². The molecule has 1 aliphatic heterocycles. The molecule has 1 saturated heterocycles. The predicted molar refractivity (Wildman–Crippen MR) is 153 cm³/mol. The molecule has 240 valence electrons. The fourth-order valence-corrected chi connectivity index (χ4v) is 6.76. The highest BCUT2D eigenvalue weighted by molar-refractivity contribution is 7.92. The summed E-state index contributed by atoms with van der Waals surface area (Å²) in [4.78, 5) is 44.2. The summed E-state index contributed by atoms with van der Waals surface area (Å²) in [6.45, 7) is 5.61. The second kappa shape index (κ2) is 13.6. The van der Waals surface area contributed by atoms with Gasteiger partial charge in [0.2, 0.25) is 0 Å². The molecule has 1 N–H and O–H groups in total. The van der Waals surface area contributed by atoms with E-state index >= 15 is 0 Å². The first kappa shape index (κ1) is 34.9. The van der Waals surface area contributed by atoms with E-state index in [0.29, 0.717) is 0 Å². The highest BCUT2D eigenvalue weighted by Crippen LogP contribution is 2.35. The number of sulfonamides is 1. The molecule has 0 spiro atoms. The third kappa shape index (κ3) is 8.73. The van der Waals surface area contributed by atoms with Crippen LogP contribution in [0.4, 0.5) is 23.8 Å². The van der Waals surface area contributed by atoms with Gasteiger partial charge >= 0.3 is 24.1 Å². The first-order valence-corrected chi connectivity index (χ1v) is 15.8. The van der Waals surface area contributed by atoms with E-state index in [2.05, 4.69) is 4.98 Å². The quantitative estimate of drug-likeness (QED) is 0.392. The number of aromatic nitrogens is 1. The number of nitriles is 1. The standard InChI is InChI=1S/C26H29ClF3N5O7S2/c1-5-41-23(37)21-15(13-31)12-18(32-22(21)26(28,29)30)34-10-11-35(16(14-34)6-8-19(36)42-25(2,3)4)24(38)33-44(39,40)20-9-7-17(27)43-20/h7,9,12,16H,5-6,8,10-11,14H2,1-4H3,(H,33,38). The van der Waals surface area contributed by atoms with Gasteiger partial charge < -0.3 is 19.3 Å². The summed E-state index contributed by atoms with van der Waals surface area (Å²) in [6.07, 6.45) is -5.39. The Kier molecular flexibility index (Phi) is 10.8. The van der Waals surface area contributed by atoms with Crippen molar-refractivity contribution in [2.75, 3.05) is 31.1 Å². The lowest BCUT2D eigenvalue weighted by Gasteiger charge is -2.42. The number of ether oxygens (including phenoxy) is 2. The maximum atomic E-state index is 14.0. The van der Waals surface area contributed by atoms with Crippen LogP contribution in [0.5, 0.6) is 0 Å². The fraction of sp³-hybridized carbons (Fsp3) is 0.500. The number of urea groups is 1. The molecule has 0 bridgehead atoms. The number of pyridine rings is 1. The van der Waals surface area contributed by atoms with E-state index in [1.165, 1.54) is 24.0 Å². The Labute approximate surface area is 260 Å². The zero-order chi connectivity index (χ0) is 33.0. The Morgan fingerprint density at radius 3 is 2.45 bits per heavy atom. The average Bonchev–Trinajstić information content (AvgIpc) is 3.36. The number of nitrogens with zero attached hydrogens (tertiary/aromatic N) is 4. The number of esters is 2. The Hall–Kier alpha value is -3.62. The molecule has 3 heterocycles. The Bertz CT molecular complexity index is 1570. The molecule has 1 unspecified atom stereocenters. The van der Waals surface area contributed by atoms with Crippen molar-refractivity contribution in [3.63, 3.8) is 0 Å². The molecule has 0 aromatic carbocycles. The predicted octanol–water partition coefficient (Wildman–Crippen LogP) is 4.57. The normalized spacial score (nSPS) is 15.8. The van der Waals surface area contributed by atoms with Crippen LogP contribution < -0.4 is 9.62 Å². The van der Waals surface area contributed by atoms with Crippen LogP contribution in [0.3, 0.4) is 0 Å². The lowest BCUT2D eigenvalue weighted by Crippen LogP contribution is -2.58. The molecular formula is C26H29ClF3N5O7S2. The number of piperazine rings is 1. The van der Waals surface area contributed by atoms with Crippen LogP contribution in [0.1, 0.15) is 62.2 Å². The van der Waals surface area contributed by atoms with E-state index in [-0.39, 0.29) is 53.4 Å². The molecule has 0 aliphatic carbocycles. The van der Waals surface area contributed by atoms with Crippen molar-refractivity contribution in [3.05, 3.63) is 39.4 Å². The molecule has 44 heavy (non-hydrogen) atoms. The zero-order valence-corrected chi connectivity index (χ0v) is 26.4. The van der Waals surface area contributed by atoms with Crippen molar-refractivity contribution in [3.8, 4) is 6.07 Å². The number of nitrogens with one attached hydrogen (secondary N) is 1. The minimum absolute atomic E-state index is 0.0537. The van der Waals surface area contributed by atoms with Gasteiger partial charge in [-0.1, -0.05) is 11.6 Å². The second-order valence-electron chi connectivity index (χ2n) is 10.5. The van der Waals surface area contributed by atoms with Crippen molar-refractivity contribution in [2.24, 2.45) is 0 Å². The summed E-state index contributed by atoms with van der Waals surface area (Å²) in [6, 6.07) is 3.23. The number of amides is 2. The minimum Gasteiger partial charge on any atom is -0.462 e. The summed E-state index contributed by atoms with van der Waals surface area (Å²) in [5, 5.41) is 9.61. The number of hydrogen-bond donors (Lipinski definition) is 1. The minimum atomic E-state index is -5.12. The van der Waals surface area contributed by atoms with Gasteiger partial charge in [-0.25, -0.2) is 27.7 Å². The van der Waals surface area contributed by atoms with E-state index < -0.39 is 62.6 Å². The molecular weight excluding hydrogens is 651 g/mol. The first-order chi connectivity index (χ1) is 20.4. The van der Waals surface area contributed by atoms with Crippen LogP contribution in [0.15, 0.2) is 22.4 Å². The largest absolute Gasteiger partial charge is 0.462 e. The molecule has 1 fully saturated rings. The van der Waals surface area contributed by atoms with Gasteiger partial charge in [0, 0.05) is 26.1 Å². The number of halogens is 4. The Morgan fingerprint density at radius 2 is 1.91 bits per heavy atom. The Balaban J connectivity index is 1.96. The molecule has 2 aromatic heterocycles. The molecule has 1 aliphatic rings. The van der Waals surface area contributed by atoms with Gasteiger partial charge in [0.25, 0.3) is 10.0 Å². The first-order valence-electron chi connectivity index (χ1n) is 13.1. The molecule has 18 heteroatoms. The molecule has 3 rings (SSSR count). The van der Waals surface area contributed by atoms with Gasteiger partial charge in [0.1, 0.15) is 27.3 Å². The lowest BCUT2D eigenvalue weighted by atomic mass is 10.0. The van der Waals surface area contributed by atoms with Gasteiger partial charge in [-0.3, -0.25) is 4.79 Å². The summed E-state index contributed by atoms with van der Waals surface area (Å²) >= 11 is 6.56. The van der Waals surface area contributed by atoms with Crippen molar-refractivity contribution in [1.82, 2.24) is 14.6 Å². The molecule has 2 aromatic rings. The van der Waals surface area contributed by atoms with Gasteiger partial charge in [-0.2, -0.15) is 18.4 Å². The van der Waals surface area contributed by atoms with Crippen molar-refractivity contribution >= 4 is 56.7 Å². The topological polar surface area (TPSA) is 159 Å². The van der Waals surface area contributed by atoms with Crippen molar-refractivity contribution < 1.29 is 45.4 Å². The van der Waals surface area contributed by atoms with Crippen LogP contribution in [-0.2, 0) is 30.5 Å². The highest BCUT2D eigenvalue weighted by Gasteiger charge is 2.41. The van der Waals surface area contributed by atoms with Crippen molar-refractivity contribution in [2.45, 2.75) is 62.6 Å². The van der Waals surface area contributed by atoms with Gasteiger partial charge in [-0.15, -0.1) is 11.3 Å². The highest BCUT2D eigenvalue weighted by atomic mass is 35.5. The summed E-state index contributed by atoms with van der Waals surface area (Å²) in [5.41, 5.74) is -4.07. The lowest BCUT2D eigenvalue weighted by molar-refractivity contribution is -0.155. The zero-order valence-electron chi connectivity index (χ0n) is 24.0. The molecule has 0 radical (unpaired) electrons. The van der Waals surface area contributed by atoms with E-state index in [1.54, 1.807) is 26.8 Å². The second-order valence-corrected chi connectivity index (χ2v) is 14.1. The maximum absolute atomic E-state index is 14.0. The fourth-order valence-electron chi connectivity index (χ4n) is 4.32. The summed E-state index contributed by atoms with van der Waals surface area (Å²) in [5.74, 6) is -2.29. The summed E-state index contributed by atoms with van der Waals surface area (Å²) < 4.78 is 79.6. The third-order valence-corrected chi connectivity index (χ3v) is 9.12. The van der Waals surface area contributed by atoms with Crippen LogP contribution >= 0.6 is 22.9 Å². The van der Waals surface area contributed by atoms with Gasteiger partial charge in [-0.05, 0) is 52.3 Å². The smallest absolute Gasteiger partial charge is 0.434 e. The maximum Gasteiger partial charge on any atom is 0.434 e. The number of hydrogen-bond acceptors (Lipinski definition) is 11. The van der Waals surface area contributed by atoms with Crippen LogP contribution in [-0.4, -0.2) is 74.2 Å². The van der Waals surface area contributed by atoms with Crippen LogP contribution in [0.2, 0.25) is 4.34 Å². The molecule has 12 nitrogen and oxygen atoms in total. The summed E-state index contributed by atoms with van der Waals surface area (Å²) in [7, 11) is -4.31. The van der Waals surface area contributed by atoms with Crippen LogP contribution in [0, 0.1) is 11.3 Å². The monoisotopic (exact) mass is 679 g/mol. The van der Waals surface area contributed by atoms with Gasteiger partial charge in [0.15, 0.2) is 5.69 Å². The van der Waals surface area contributed by atoms with Crippen LogP contribution in [0.25, 0.3) is 0 Å². The molecule has 2 amide bonds. The third-order valence-electron chi connectivity index (χ3n) is 6.08. The number of carbonyl (C=O) groups is 3. The number of rotatable bonds is 8. The molecule has 0 saturated carbocycles. The van der Waals surface area contributed by atoms with Gasteiger partial charge in [0.05, 0.1) is 22.5 Å². The van der Waals surface area contributed by atoms with Crippen molar-refractivity contribution in [1.29, 1.82) is 5.26 Å². The number of carbonyl (C=O) groups excluding carboxylic acids is 3. The Morgan fingerprint density at radius 1 is 1.23 bits per heavy atom. The number of thiophene rings is 1. The van der Waals surface area contributed by atoms with E-state index in [4.69, 9.17) is 21.1 Å². The SMILES string of the molecule is CCOC(=O)c1c(C#N)cc(N2CCN(C(=O)NS(=O)(=O)c3ccc(Cl)s3)C(CCC(=O)OC(C)(C)C)C2)nc1C(F)(F)F.